The van der Waals surface area contributed by atoms with Gasteiger partial charge in [0.2, 0.25) is 0 Å². The van der Waals surface area contributed by atoms with E-state index in [-0.39, 0.29) is 0 Å². The molecule has 0 unspecified atom stereocenters. The van der Waals surface area contributed by atoms with Crippen molar-refractivity contribution in [3.05, 3.63) is 40.5 Å². The number of nitrogens with two attached hydrogens (primary N) is 1. The van der Waals surface area contributed by atoms with E-state index in [1.54, 1.807) is 0 Å². The number of aromatic nitrogens is 2. The Bertz CT molecular complexity index is 474. The molecule has 3 nitrogen and oxygen atoms in total. The number of nitrogens with one attached hydrogen (secondary N) is 1. The second-order valence-electron chi connectivity index (χ2n) is 3.59. The van der Waals surface area contributed by atoms with E-state index in [4.69, 9.17) is 17.3 Å². The van der Waals surface area contributed by atoms with E-state index >= 15 is 0 Å². The van der Waals surface area contributed by atoms with Crippen LogP contribution in [-0.4, -0.2) is 10.2 Å². The van der Waals surface area contributed by atoms with Crippen molar-refractivity contribution in [1.29, 1.82) is 0 Å². The van der Waals surface area contributed by atoms with E-state index in [0.29, 0.717) is 6.54 Å². The number of halogens is 1. The molecule has 0 saturated heterocycles. The Balaban J connectivity index is 2.47. The van der Waals surface area contributed by atoms with Crippen LogP contribution in [0, 0.1) is 0 Å². The van der Waals surface area contributed by atoms with Gasteiger partial charge in [-0.3, -0.25) is 5.10 Å². The van der Waals surface area contributed by atoms with Crippen molar-refractivity contribution in [3.8, 4) is 11.3 Å². The Morgan fingerprint density at radius 1 is 1.31 bits per heavy atom. The fourth-order valence-electron chi connectivity index (χ4n) is 1.80. The normalized spacial score (nSPS) is 10.7. The van der Waals surface area contributed by atoms with Crippen molar-refractivity contribution < 1.29 is 0 Å². The van der Waals surface area contributed by atoms with Gasteiger partial charge in [0.25, 0.3) is 0 Å². The first-order valence-corrected chi connectivity index (χ1v) is 5.66. The molecule has 0 radical (unpaired) electrons. The van der Waals surface area contributed by atoms with Crippen LogP contribution in [0.3, 0.4) is 0 Å². The molecule has 84 valence electrons. The summed E-state index contributed by atoms with van der Waals surface area (Å²) in [5.41, 5.74) is 9.88. The minimum atomic E-state index is 0.490. The highest BCUT2D eigenvalue weighted by atomic mass is 35.5. The number of nitrogens with zero attached hydrogens (tertiary/aromatic N) is 1. The minimum absolute atomic E-state index is 0.490. The van der Waals surface area contributed by atoms with Crippen LogP contribution in [0.2, 0.25) is 5.02 Å². The molecule has 0 amide bonds. The van der Waals surface area contributed by atoms with Crippen LogP contribution in [-0.2, 0) is 13.0 Å². The summed E-state index contributed by atoms with van der Waals surface area (Å²) >= 11 is 5.86. The molecule has 1 aromatic carbocycles. The maximum Gasteiger partial charge on any atom is 0.0955 e. The summed E-state index contributed by atoms with van der Waals surface area (Å²) in [6.45, 7) is 2.59. The average molecular weight is 236 g/mol. The lowest BCUT2D eigenvalue weighted by molar-refractivity contribution is 0.929. The van der Waals surface area contributed by atoms with E-state index in [0.717, 1.165) is 28.4 Å². The maximum atomic E-state index is 5.86. The van der Waals surface area contributed by atoms with Gasteiger partial charge in [-0.15, -0.1) is 0 Å². The summed E-state index contributed by atoms with van der Waals surface area (Å²) in [6, 6.07) is 7.68. The first-order chi connectivity index (χ1) is 7.76. The molecule has 3 N–H and O–H groups in total. The van der Waals surface area contributed by atoms with Crippen LogP contribution < -0.4 is 5.73 Å². The minimum Gasteiger partial charge on any atom is -0.325 e. The van der Waals surface area contributed by atoms with Crippen LogP contribution in [0.1, 0.15) is 18.2 Å². The smallest absolute Gasteiger partial charge is 0.0955 e. The molecular formula is C12H14ClN3. The van der Waals surface area contributed by atoms with Gasteiger partial charge in [-0.1, -0.05) is 30.7 Å². The zero-order chi connectivity index (χ0) is 11.5. The molecule has 0 atom stereocenters. The predicted molar refractivity (Wildman–Crippen MR) is 66.3 cm³/mol. The largest absolute Gasteiger partial charge is 0.325 e. The highest BCUT2D eigenvalue weighted by Gasteiger charge is 2.11. The van der Waals surface area contributed by atoms with E-state index in [1.165, 1.54) is 5.56 Å². The summed E-state index contributed by atoms with van der Waals surface area (Å²) in [4.78, 5) is 0. The van der Waals surface area contributed by atoms with E-state index in [9.17, 15) is 0 Å². The average Bonchev–Trinajstić information content (AvgIpc) is 2.72. The first kappa shape index (κ1) is 11.2. The lowest BCUT2D eigenvalue weighted by Crippen LogP contribution is -2.00. The highest BCUT2D eigenvalue weighted by molar-refractivity contribution is 6.30. The third kappa shape index (κ3) is 1.96. The fraction of sp³-hybridized carbons (Fsp3) is 0.250. The van der Waals surface area contributed by atoms with Gasteiger partial charge in [0.15, 0.2) is 0 Å². The highest BCUT2D eigenvalue weighted by Crippen LogP contribution is 2.25. The Kier molecular flexibility index (Phi) is 3.27. The van der Waals surface area contributed by atoms with Gasteiger partial charge >= 0.3 is 0 Å². The molecule has 4 heteroatoms. The Morgan fingerprint density at radius 3 is 2.56 bits per heavy atom. The molecule has 0 bridgehead atoms. The number of benzene rings is 1. The van der Waals surface area contributed by atoms with Gasteiger partial charge in [0.1, 0.15) is 0 Å². The molecule has 2 rings (SSSR count). The van der Waals surface area contributed by atoms with Gasteiger partial charge in [-0.05, 0) is 18.6 Å². The molecule has 1 aromatic heterocycles. The van der Waals surface area contributed by atoms with Crippen molar-refractivity contribution in [2.45, 2.75) is 19.9 Å². The molecule has 16 heavy (non-hydrogen) atoms. The summed E-state index contributed by atoms with van der Waals surface area (Å²) in [5, 5.41) is 8.02. The fourth-order valence-corrected chi connectivity index (χ4v) is 1.92. The molecule has 0 saturated carbocycles. The first-order valence-electron chi connectivity index (χ1n) is 5.28. The van der Waals surface area contributed by atoms with Crippen LogP contribution in [0.25, 0.3) is 11.3 Å². The van der Waals surface area contributed by atoms with Gasteiger partial charge < -0.3 is 5.73 Å². The van der Waals surface area contributed by atoms with Gasteiger partial charge in [0.05, 0.1) is 11.4 Å². The van der Waals surface area contributed by atoms with Crippen LogP contribution in [0.15, 0.2) is 24.3 Å². The lowest BCUT2D eigenvalue weighted by atomic mass is 10.0. The number of rotatable bonds is 3. The standard InChI is InChI=1S/C12H14ClN3/c1-2-10-11(7-14)15-16-12(10)8-3-5-9(13)6-4-8/h3-6H,2,7,14H2,1H3,(H,15,16). The monoisotopic (exact) mass is 235 g/mol. The molecule has 0 aliphatic carbocycles. The molecular weight excluding hydrogens is 222 g/mol. The third-order valence-corrected chi connectivity index (χ3v) is 2.88. The van der Waals surface area contributed by atoms with Gasteiger partial charge in [0, 0.05) is 22.7 Å². The number of hydrogen-bond donors (Lipinski definition) is 2. The molecule has 0 aliphatic rings. The zero-order valence-electron chi connectivity index (χ0n) is 9.13. The zero-order valence-corrected chi connectivity index (χ0v) is 9.88. The van der Waals surface area contributed by atoms with Crippen LogP contribution in [0.4, 0.5) is 0 Å². The number of hydrogen-bond acceptors (Lipinski definition) is 2. The quantitative estimate of drug-likeness (QED) is 0.860. The van der Waals surface area contributed by atoms with E-state index < -0.39 is 0 Å². The number of aromatic amines is 1. The van der Waals surface area contributed by atoms with Crippen molar-refractivity contribution in [2.75, 3.05) is 0 Å². The summed E-state index contributed by atoms with van der Waals surface area (Å²) in [7, 11) is 0. The Hall–Kier alpha value is -1.32. The second kappa shape index (κ2) is 4.68. The van der Waals surface area contributed by atoms with Crippen molar-refractivity contribution >= 4 is 11.6 Å². The SMILES string of the molecule is CCc1c(-c2ccc(Cl)cc2)n[nH]c1CN. The van der Waals surface area contributed by atoms with Crippen LogP contribution in [0.5, 0.6) is 0 Å². The van der Waals surface area contributed by atoms with Crippen LogP contribution >= 0.6 is 11.6 Å². The van der Waals surface area contributed by atoms with E-state index in [1.807, 2.05) is 24.3 Å². The summed E-state index contributed by atoms with van der Waals surface area (Å²) < 4.78 is 0. The Morgan fingerprint density at radius 2 is 2.00 bits per heavy atom. The molecule has 1 heterocycles. The lowest BCUT2D eigenvalue weighted by Gasteiger charge is -2.02. The number of H-pyrrole nitrogens is 1. The second-order valence-corrected chi connectivity index (χ2v) is 4.03. The Labute approximate surface area is 99.6 Å². The summed E-state index contributed by atoms with van der Waals surface area (Å²) in [6.07, 6.45) is 0.918. The van der Waals surface area contributed by atoms with Crippen molar-refractivity contribution in [2.24, 2.45) is 5.73 Å². The third-order valence-electron chi connectivity index (χ3n) is 2.63. The van der Waals surface area contributed by atoms with Crippen molar-refractivity contribution in [3.63, 3.8) is 0 Å². The predicted octanol–water partition coefficient (Wildman–Crippen LogP) is 2.75. The van der Waals surface area contributed by atoms with E-state index in [2.05, 4.69) is 17.1 Å². The van der Waals surface area contributed by atoms with Gasteiger partial charge in [-0.2, -0.15) is 5.10 Å². The topological polar surface area (TPSA) is 54.7 Å². The molecule has 0 aliphatic heterocycles. The maximum absolute atomic E-state index is 5.86. The van der Waals surface area contributed by atoms with Crippen molar-refractivity contribution in [1.82, 2.24) is 10.2 Å². The molecule has 0 fully saturated rings. The molecule has 2 aromatic rings. The molecule has 0 spiro atoms. The summed E-state index contributed by atoms with van der Waals surface area (Å²) in [5.74, 6) is 0. The van der Waals surface area contributed by atoms with Gasteiger partial charge in [-0.25, -0.2) is 0 Å².